The van der Waals surface area contributed by atoms with Gasteiger partial charge in [0.15, 0.2) is 6.29 Å². The molecule has 1 aliphatic heterocycles. The Morgan fingerprint density at radius 1 is 1.32 bits per heavy atom. The van der Waals surface area contributed by atoms with Gasteiger partial charge in [0.25, 0.3) is 5.91 Å². The molecule has 4 heteroatoms. The largest absolute Gasteiger partial charge is 0.366 e. The number of carbonyl (C=O) groups excluding carboxylic acids is 1. The Bertz CT molecular complexity index is 499. The summed E-state index contributed by atoms with van der Waals surface area (Å²) in [6, 6.07) is 3.97. The summed E-state index contributed by atoms with van der Waals surface area (Å²) in [5, 5.41) is 10.9. The lowest BCUT2D eigenvalue weighted by atomic mass is 9.96. The van der Waals surface area contributed by atoms with Gasteiger partial charge in [-0.05, 0) is 45.7 Å². The monoisotopic (exact) mass is 263 g/mol. The van der Waals surface area contributed by atoms with E-state index < -0.39 is 11.8 Å². The number of hydrogen-bond donors (Lipinski definition) is 1. The van der Waals surface area contributed by atoms with Crippen LogP contribution in [0.3, 0.4) is 0 Å². The Balaban J connectivity index is 2.41. The minimum Gasteiger partial charge on any atom is -0.366 e. The van der Waals surface area contributed by atoms with Gasteiger partial charge in [-0.2, -0.15) is 0 Å². The van der Waals surface area contributed by atoms with E-state index in [-0.39, 0.29) is 5.91 Å². The molecule has 2 rings (SSSR count). The number of aliphatic hydroxyl groups is 1. The third kappa shape index (κ3) is 2.51. The van der Waals surface area contributed by atoms with Crippen molar-refractivity contribution in [1.82, 2.24) is 5.06 Å². The molecule has 0 aromatic heterocycles. The van der Waals surface area contributed by atoms with Crippen molar-refractivity contribution in [1.29, 1.82) is 0 Å². The number of nitrogens with zero attached hydrogens (tertiary/aromatic N) is 1. The van der Waals surface area contributed by atoms with Crippen LogP contribution in [0.15, 0.2) is 12.1 Å². The zero-order valence-electron chi connectivity index (χ0n) is 12.2. The lowest BCUT2D eigenvalue weighted by Gasteiger charge is -2.29. The molecule has 1 heterocycles. The summed E-state index contributed by atoms with van der Waals surface area (Å²) in [7, 11) is 0. The van der Waals surface area contributed by atoms with Gasteiger partial charge in [0.1, 0.15) is 0 Å². The van der Waals surface area contributed by atoms with Crippen LogP contribution in [0, 0.1) is 20.8 Å². The minimum absolute atomic E-state index is 0.184. The molecule has 1 aromatic carbocycles. The zero-order chi connectivity index (χ0) is 14.4. The Labute approximate surface area is 113 Å². The fraction of sp³-hybridized carbons (Fsp3) is 0.533. The lowest BCUT2D eigenvalue weighted by molar-refractivity contribution is -0.201. The van der Waals surface area contributed by atoms with Crippen LogP contribution in [-0.4, -0.2) is 27.9 Å². The average molecular weight is 263 g/mol. The predicted octanol–water partition coefficient (Wildman–Crippen LogP) is 2.49. The molecule has 1 aliphatic rings. The van der Waals surface area contributed by atoms with E-state index >= 15 is 0 Å². The number of benzene rings is 1. The van der Waals surface area contributed by atoms with E-state index in [9.17, 15) is 9.90 Å². The highest BCUT2D eigenvalue weighted by molar-refractivity contribution is 5.97. The maximum Gasteiger partial charge on any atom is 0.278 e. The third-order valence-electron chi connectivity index (χ3n) is 3.53. The van der Waals surface area contributed by atoms with Crippen molar-refractivity contribution in [3.05, 3.63) is 34.4 Å². The van der Waals surface area contributed by atoms with Crippen molar-refractivity contribution >= 4 is 5.91 Å². The van der Waals surface area contributed by atoms with E-state index in [1.165, 1.54) is 5.06 Å². The number of aliphatic hydroxyl groups excluding tert-OH is 1. The van der Waals surface area contributed by atoms with Crippen molar-refractivity contribution in [2.75, 3.05) is 0 Å². The fourth-order valence-corrected chi connectivity index (χ4v) is 2.75. The Morgan fingerprint density at radius 2 is 1.84 bits per heavy atom. The smallest absolute Gasteiger partial charge is 0.278 e. The SMILES string of the molecule is Cc1cc(C)c(C(=O)N2O[C@@H](O)CC2(C)C)c(C)c1. The first-order valence-electron chi connectivity index (χ1n) is 6.49. The number of amides is 1. The van der Waals surface area contributed by atoms with Crippen LogP contribution in [0.25, 0.3) is 0 Å². The van der Waals surface area contributed by atoms with Gasteiger partial charge in [-0.1, -0.05) is 17.7 Å². The molecule has 4 nitrogen and oxygen atoms in total. The van der Waals surface area contributed by atoms with Gasteiger partial charge in [-0.15, -0.1) is 0 Å². The summed E-state index contributed by atoms with van der Waals surface area (Å²) in [6.45, 7) is 9.63. The van der Waals surface area contributed by atoms with E-state index in [1.54, 1.807) is 0 Å². The highest BCUT2D eigenvalue weighted by Crippen LogP contribution is 2.32. The van der Waals surface area contributed by atoms with Crippen LogP contribution in [-0.2, 0) is 4.84 Å². The quantitative estimate of drug-likeness (QED) is 0.847. The van der Waals surface area contributed by atoms with E-state index in [0.29, 0.717) is 12.0 Å². The van der Waals surface area contributed by atoms with Crippen molar-refractivity contribution in [2.45, 2.75) is 52.9 Å². The highest BCUT2D eigenvalue weighted by Gasteiger charge is 2.43. The van der Waals surface area contributed by atoms with Gasteiger partial charge in [-0.25, -0.2) is 9.90 Å². The number of hydroxylamine groups is 2. The standard InChI is InChI=1S/C15H21NO3/c1-9-6-10(2)13(11(3)7-9)14(18)16-15(4,5)8-12(17)19-16/h6-7,12,17H,8H2,1-5H3/t12-/m1/s1. The summed E-state index contributed by atoms with van der Waals surface area (Å²) >= 11 is 0. The van der Waals surface area contributed by atoms with Crippen LogP contribution < -0.4 is 0 Å². The van der Waals surface area contributed by atoms with Crippen molar-refractivity contribution < 1.29 is 14.7 Å². The first-order valence-corrected chi connectivity index (χ1v) is 6.49. The van der Waals surface area contributed by atoms with E-state index in [0.717, 1.165) is 16.7 Å². The molecule has 104 valence electrons. The van der Waals surface area contributed by atoms with E-state index in [4.69, 9.17) is 4.84 Å². The molecule has 19 heavy (non-hydrogen) atoms. The molecule has 1 amide bonds. The third-order valence-corrected chi connectivity index (χ3v) is 3.53. The second-order valence-electron chi connectivity index (χ2n) is 5.95. The second-order valence-corrected chi connectivity index (χ2v) is 5.95. The molecular weight excluding hydrogens is 242 g/mol. The van der Waals surface area contributed by atoms with Gasteiger partial charge in [0, 0.05) is 12.0 Å². The number of hydrogen-bond acceptors (Lipinski definition) is 3. The molecule has 0 aliphatic carbocycles. The molecule has 0 unspecified atom stereocenters. The number of aryl methyl sites for hydroxylation is 3. The molecule has 1 atom stereocenters. The van der Waals surface area contributed by atoms with Gasteiger partial charge < -0.3 is 5.11 Å². The minimum atomic E-state index is -0.912. The molecule has 1 saturated heterocycles. The molecule has 1 aromatic rings. The number of rotatable bonds is 1. The second kappa shape index (κ2) is 4.62. The molecular formula is C15H21NO3. The van der Waals surface area contributed by atoms with Crippen LogP contribution in [0.1, 0.15) is 47.3 Å². The molecule has 1 N–H and O–H groups in total. The van der Waals surface area contributed by atoms with Crippen molar-refractivity contribution in [3.8, 4) is 0 Å². The van der Waals surface area contributed by atoms with Gasteiger partial charge in [0.05, 0.1) is 5.54 Å². The van der Waals surface area contributed by atoms with Crippen LogP contribution in [0.2, 0.25) is 0 Å². The summed E-state index contributed by atoms with van der Waals surface area (Å²) in [4.78, 5) is 17.9. The predicted molar refractivity (Wildman–Crippen MR) is 72.6 cm³/mol. The molecule has 0 spiro atoms. The van der Waals surface area contributed by atoms with Crippen molar-refractivity contribution in [3.63, 3.8) is 0 Å². The number of carbonyl (C=O) groups is 1. The first-order chi connectivity index (χ1) is 8.72. The summed E-state index contributed by atoms with van der Waals surface area (Å²) in [5.74, 6) is -0.184. The normalized spacial score (nSPS) is 21.8. The summed E-state index contributed by atoms with van der Waals surface area (Å²) < 4.78 is 0. The Hall–Kier alpha value is -1.39. The molecule has 0 saturated carbocycles. The first kappa shape index (κ1) is 14.0. The summed E-state index contributed by atoms with van der Waals surface area (Å²) in [5.41, 5.74) is 3.16. The average Bonchev–Trinajstić information content (AvgIpc) is 2.49. The fourth-order valence-electron chi connectivity index (χ4n) is 2.75. The van der Waals surface area contributed by atoms with Gasteiger partial charge in [-0.3, -0.25) is 4.79 Å². The van der Waals surface area contributed by atoms with Crippen molar-refractivity contribution in [2.24, 2.45) is 0 Å². The Morgan fingerprint density at radius 3 is 2.26 bits per heavy atom. The molecule has 0 radical (unpaired) electrons. The van der Waals surface area contributed by atoms with Crippen LogP contribution >= 0.6 is 0 Å². The Kier molecular flexibility index (Phi) is 3.41. The van der Waals surface area contributed by atoms with Crippen LogP contribution in [0.4, 0.5) is 0 Å². The van der Waals surface area contributed by atoms with Gasteiger partial charge in [0.2, 0.25) is 0 Å². The van der Waals surface area contributed by atoms with E-state index in [2.05, 4.69) is 0 Å². The zero-order valence-corrected chi connectivity index (χ0v) is 12.2. The lowest BCUT2D eigenvalue weighted by Crippen LogP contribution is -2.42. The maximum atomic E-state index is 12.7. The van der Waals surface area contributed by atoms with Gasteiger partial charge >= 0.3 is 0 Å². The maximum absolute atomic E-state index is 12.7. The molecule has 1 fully saturated rings. The molecule has 0 bridgehead atoms. The van der Waals surface area contributed by atoms with E-state index in [1.807, 2.05) is 46.8 Å². The highest BCUT2D eigenvalue weighted by atomic mass is 16.8. The van der Waals surface area contributed by atoms with Crippen LogP contribution in [0.5, 0.6) is 0 Å². The summed E-state index contributed by atoms with van der Waals surface area (Å²) in [6.07, 6.45) is -0.493. The topological polar surface area (TPSA) is 49.8 Å².